The average Bonchev–Trinajstić information content (AvgIpc) is 2.88. The molecule has 0 fully saturated rings. The fourth-order valence-electron chi connectivity index (χ4n) is 3.59. The molecule has 0 unspecified atom stereocenters. The molecule has 6 nitrogen and oxygen atoms in total. The lowest BCUT2D eigenvalue weighted by molar-refractivity contribution is -0.141. The molecule has 0 amide bonds. The lowest BCUT2D eigenvalue weighted by Crippen LogP contribution is -2.19. The first-order chi connectivity index (χ1) is 17.6. The minimum absolute atomic E-state index is 0.157. The summed E-state index contributed by atoms with van der Waals surface area (Å²) in [4.78, 5) is 22.7. The number of carbonyl (C=O) groups excluding carboxylic acids is 2. The van der Waals surface area contributed by atoms with Crippen molar-refractivity contribution in [3.05, 3.63) is 89.5 Å². The Morgan fingerprint density at radius 3 is 1.76 bits per heavy atom. The van der Waals surface area contributed by atoms with E-state index in [2.05, 4.69) is 63.4 Å². The smallest absolute Gasteiger partial charge is 0.333 e. The molecule has 200 valence electrons. The fourth-order valence-corrected chi connectivity index (χ4v) is 3.59. The number of ether oxygens (including phenoxy) is 4. The van der Waals surface area contributed by atoms with Crippen LogP contribution < -0.4 is 4.74 Å². The third-order valence-corrected chi connectivity index (χ3v) is 6.00. The Morgan fingerprint density at radius 1 is 0.703 bits per heavy atom. The molecule has 0 saturated heterocycles. The summed E-state index contributed by atoms with van der Waals surface area (Å²) in [6, 6.07) is 16.8. The molecule has 0 aliphatic heterocycles. The van der Waals surface area contributed by atoms with Gasteiger partial charge in [0.15, 0.2) is 0 Å². The third kappa shape index (κ3) is 10.3. The number of rotatable bonds is 16. The maximum absolute atomic E-state index is 11.4. The summed E-state index contributed by atoms with van der Waals surface area (Å²) in [5.74, 6) is -0.0494. The number of carbonyl (C=O) groups is 2. The van der Waals surface area contributed by atoms with Crippen LogP contribution in [0.15, 0.2) is 72.8 Å². The summed E-state index contributed by atoms with van der Waals surface area (Å²) in [6.07, 6.45) is 2.97. The molecule has 0 aromatic heterocycles. The molecule has 0 saturated carbocycles. The van der Waals surface area contributed by atoms with Gasteiger partial charge in [-0.15, -0.1) is 0 Å². The Balaban J connectivity index is 1.74. The van der Waals surface area contributed by atoms with Gasteiger partial charge < -0.3 is 18.9 Å². The maximum atomic E-state index is 11.4. The minimum atomic E-state index is -0.406. The van der Waals surface area contributed by atoms with E-state index in [1.807, 2.05) is 12.1 Å². The van der Waals surface area contributed by atoms with Gasteiger partial charge in [-0.2, -0.15) is 0 Å². The zero-order valence-electron chi connectivity index (χ0n) is 22.6. The first-order valence-electron chi connectivity index (χ1n) is 12.7. The van der Waals surface area contributed by atoms with E-state index in [9.17, 15) is 9.59 Å². The van der Waals surface area contributed by atoms with Crippen molar-refractivity contribution < 1.29 is 28.5 Å². The maximum Gasteiger partial charge on any atom is 0.333 e. The number of hydrogen-bond donors (Lipinski definition) is 0. The second kappa shape index (κ2) is 15.0. The van der Waals surface area contributed by atoms with Crippen molar-refractivity contribution in [2.24, 2.45) is 0 Å². The molecule has 0 heterocycles. The van der Waals surface area contributed by atoms with E-state index in [-0.39, 0.29) is 24.6 Å². The number of unbranched alkanes of at least 4 members (excludes halogenated alkanes) is 1. The molecular formula is C31H40O6. The number of benzene rings is 2. The highest BCUT2D eigenvalue weighted by molar-refractivity contribution is 5.87. The molecule has 0 aliphatic rings. The second-order valence-electron chi connectivity index (χ2n) is 9.60. The van der Waals surface area contributed by atoms with E-state index < -0.39 is 5.97 Å². The molecule has 0 bridgehead atoms. The van der Waals surface area contributed by atoms with Crippen molar-refractivity contribution in [2.75, 3.05) is 33.0 Å². The van der Waals surface area contributed by atoms with E-state index in [4.69, 9.17) is 18.9 Å². The van der Waals surface area contributed by atoms with Crippen LogP contribution in [0.1, 0.15) is 57.2 Å². The van der Waals surface area contributed by atoms with Crippen molar-refractivity contribution >= 4 is 11.9 Å². The summed E-state index contributed by atoms with van der Waals surface area (Å²) in [6.45, 7) is 16.5. The summed E-state index contributed by atoms with van der Waals surface area (Å²) < 4.78 is 21.3. The molecule has 0 spiro atoms. The van der Waals surface area contributed by atoms with E-state index in [1.54, 1.807) is 13.8 Å². The molecule has 0 aliphatic carbocycles. The van der Waals surface area contributed by atoms with Crippen LogP contribution in [0.5, 0.6) is 5.75 Å². The Labute approximate surface area is 221 Å². The summed E-state index contributed by atoms with van der Waals surface area (Å²) >= 11 is 0. The topological polar surface area (TPSA) is 71.1 Å². The molecule has 2 aromatic carbocycles. The van der Waals surface area contributed by atoms with Gasteiger partial charge in [0.1, 0.15) is 25.6 Å². The summed E-state index contributed by atoms with van der Waals surface area (Å²) in [5, 5.41) is 0. The van der Waals surface area contributed by atoms with Gasteiger partial charge in [0, 0.05) is 23.2 Å². The number of esters is 2. The van der Waals surface area contributed by atoms with Crippen LogP contribution in [0, 0.1) is 0 Å². The zero-order chi connectivity index (χ0) is 27.3. The lowest BCUT2D eigenvalue weighted by Gasteiger charge is -2.26. The van der Waals surface area contributed by atoms with E-state index in [0.717, 1.165) is 25.0 Å². The van der Waals surface area contributed by atoms with Gasteiger partial charge in [-0.05, 0) is 61.9 Å². The van der Waals surface area contributed by atoms with Crippen LogP contribution in [0.3, 0.4) is 0 Å². The van der Waals surface area contributed by atoms with Crippen LogP contribution in [0.2, 0.25) is 0 Å². The first kappa shape index (κ1) is 29.8. The van der Waals surface area contributed by atoms with Crippen LogP contribution in [0.4, 0.5) is 0 Å². The van der Waals surface area contributed by atoms with Crippen LogP contribution in [0.25, 0.3) is 0 Å². The number of hydrogen-bond acceptors (Lipinski definition) is 6. The van der Waals surface area contributed by atoms with Gasteiger partial charge in [-0.1, -0.05) is 63.4 Å². The Morgan fingerprint density at radius 2 is 1.22 bits per heavy atom. The van der Waals surface area contributed by atoms with Gasteiger partial charge >= 0.3 is 11.9 Å². The van der Waals surface area contributed by atoms with Crippen LogP contribution in [-0.4, -0.2) is 45.0 Å². The zero-order valence-corrected chi connectivity index (χ0v) is 22.6. The first-order valence-corrected chi connectivity index (χ1v) is 12.7. The second-order valence-corrected chi connectivity index (χ2v) is 9.60. The van der Waals surface area contributed by atoms with E-state index in [1.165, 1.54) is 16.7 Å². The van der Waals surface area contributed by atoms with Gasteiger partial charge in [0.2, 0.25) is 0 Å². The predicted molar refractivity (Wildman–Crippen MR) is 146 cm³/mol. The van der Waals surface area contributed by atoms with Gasteiger partial charge in [0.25, 0.3) is 0 Å². The Hall–Kier alpha value is -3.38. The monoisotopic (exact) mass is 508 g/mol. The fraction of sp³-hybridized carbons (Fsp3) is 0.419. The van der Waals surface area contributed by atoms with Crippen molar-refractivity contribution in [1.29, 1.82) is 0 Å². The Kier molecular flexibility index (Phi) is 12.1. The van der Waals surface area contributed by atoms with E-state index in [0.29, 0.717) is 31.0 Å². The van der Waals surface area contributed by atoms with Gasteiger partial charge in [-0.25, -0.2) is 9.59 Å². The molecule has 37 heavy (non-hydrogen) atoms. The summed E-state index contributed by atoms with van der Waals surface area (Å²) in [7, 11) is 0. The highest BCUT2D eigenvalue weighted by Gasteiger charge is 2.23. The Bertz CT molecular complexity index is 1030. The van der Waals surface area contributed by atoms with Crippen molar-refractivity contribution in [3.63, 3.8) is 0 Å². The molecular weight excluding hydrogens is 468 g/mol. The van der Waals surface area contributed by atoms with Crippen molar-refractivity contribution in [1.82, 2.24) is 0 Å². The summed E-state index contributed by atoms with van der Waals surface area (Å²) in [5.41, 5.74) is 4.34. The highest BCUT2D eigenvalue weighted by atomic mass is 16.6. The average molecular weight is 509 g/mol. The third-order valence-electron chi connectivity index (χ3n) is 6.00. The normalized spacial score (nSPS) is 11.0. The molecule has 6 heteroatoms. The minimum Gasteiger partial charge on any atom is -0.490 e. The SMILES string of the molecule is C=C(C)C(=O)OCCOCCCCc1ccc(C(C)(C)c2ccc(OCCOC(=O)C(=C)C)cc2)cc1. The van der Waals surface area contributed by atoms with Crippen LogP contribution in [-0.2, 0) is 35.6 Å². The van der Waals surface area contributed by atoms with Crippen molar-refractivity contribution in [2.45, 2.75) is 52.4 Å². The molecule has 2 rings (SSSR count). The molecule has 0 radical (unpaired) electrons. The molecule has 0 atom stereocenters. The predicted octanol–water partition coefficient (Wildman–Crippen LogP) is 5.97. The lowest BCUT2D eigenvalue weighted by atomic mass is 9.78. The number of aryl methyl sites for hydroxylation is 1. The standard InChI is InChI=1S/C31H40O6/c1-23(2)29(32)36-20-19-34-18-8-7-9-25-10-12-26(13-11-25)31(5,6)27-14-16-28(17-15-27)35-21-22-37-30(33)24(3)4/h10-17H,1,3,7-9,18-22H2,2,4-6H3. The van der Waals surface area contributed by atoms with Crippen molar-refractivity contribution in [3.8, 4) is 5.75 Å². The van der Waals surface area contributed by atoms with Gasteiger partial charge in [-0.3, -0.25) is 0 Å². The highest BCUT2D eigenvalue weighted by Crippen LogP contribution is 2.32. The molecule has 0 N–H and O–H groups in total. The molecule has 2 aromatic rings. The van der Waals surface area contributed by atoms with Gasteiger partial charge in [0.05, 0.1) is 6.61 Å². The van der Waals surface area contributed by atoms with E-state index >= 15 is 0 Å². The largest absolute Gasteiger partial charge is 0.490 e. The van der Waals surface area contributed by atoms with Crippen LogP contribution >= 0.6 is 0 Å². The quantitative estimate of drug-likeness (QED) is 0.158.